The molecule has 3 rings (SSSR count). The summed E-state index contributed by atoms with van der Waals surface area (Å²) >= 11 is 0. The second-order valence-corrected chi connectivity index (χ2v) is 4.63. The lowest BCUT2D eigenvalue weighted by atomic mass is 10.2. The zero-order chi connectivity index (χ0) is 14.8. The first-order chi connectivity index (χ1) is 10.2. The van der Waals surface area contributed by atoms with E-state index in [2.05, 4.69) is 10.3 Å². The number of carbonyl (C=O) groups is 1. The molecular formula is C16H15N3O2. The average molecular weight is 281 g/mol. The molecular weight excluding hydrogens is 266 g/mol. The van der Waals surface area contributed by atoms with Gasteiger partial charge in [0.25, 0.3) is 5.91 Å². The summed E-state index contributed by atoms with van der Waals surface area (Å²) in [6.07, 6.45) is 1.63. The van der Waals surface area contributed by atoms with Gasteiger partial charge in [-0.25, -0.2) is 4.98 Å². The Morgan fingerprint density at radius 2 is 1.95 bits per heavy atom. The summed E-state index contributed by atoms with van der Waals surface area (Å²) in [5.41, 5.74) is 1.42. The van der Waals surface area contributed by atoms with Crippen LogP contribution in [-0.4, -0.2) is 22.6 Å². The van der Waals surface area contributed by atoms with Crippen LogP contribution in [0.5, 0.6) is 5.75 Å². The van der Waals surface area contributed by atoms with E-state index in [4.69, 9.17) is 4.74 Å². The molecule has 1 amide bonds. The lowest BCUT2D eigenvalue weighted by Crippen LogP contribution is -2.17. The molecule has 0 saturated heterocycles. The molecule has 2 aromatic heterocycles. The van der Waals surface area contributed by atoms with Gasteiger partial charge in [-0.3, -0.25) is 4.79 Å². The topological polar surface area (TPSA) is 56.1 Å². The third kappa shape index (κ3) is 2.23. The van der Waals surface area contributed by atoms with Crippen molar-refractivity contribution < 1.29 is 9.53 Å². The molecule has 3 aromatic rings. The summed E-state index contributed by atoms with van der Waals surface area (Å²) in [5.74, 6) is 0.834. The maximum absolute atomic E-state index is 12.5. The van der Waals surface area contributed by atoms with E-state index < -0.39 is 0 Å². The first kappa shape index (κ1) is 13.2. The molecule has 5 heteroatoms. The molecule has 0 bridgehead atoms. The quantitative estimate of drug-likeness (QED) is 0.803. The molecule has 1 N–H and O–H groups in total. The molecule has 0 fully saturated rings. The molecule has 106 valence electrons. The summed E-state index contributed by atoms with van der Waals surface area (Å²) in [4.78, 5) is 16.6. The number of pyridine rings is 1. The minimum absolute atomic E-state index is 0.246. The standard InChI is InChI=1S/C16H15N3O2/c1-19-12-8-4-3-7-11(12)15(21-2)14(19)16(20)18-13-9-5-6-10-17-13/h3-10H,1-2H3,(H,17,18,20). The van der Waals surface area contributed by atoms with E-state index in [9.17, 15) is 4.79 Å². The second-order valence-electron chi connectivity index (χ2n) is 4.63. The number of amides is 1. The van der Waals surface area contributed by atoms with Crippen LogP contribution in [0, 0.1) is 0 Å². The second kappa shape index (κ2) is 5.28. The molecule has 0 saturated carbocycles. The van der Waals surface area contributed by atoms with Gasteiger partial charge in [0.2, 0.25) is 0 Å². The van der Waals surface area contributed by atoms with Gasteiger partial charge < -0.3 is 14.6 Å². The lowest BCUT2D eigenvalue weighted by Gasteiger charge is -2.07. The SMILES string of the molecule is COc1c(C(=O)Nc2ccccn2)n(C)c2ccccc12. The molecule has 21 heavy (non-hydrogen) atoms. The van der Waals surface area contributed by atoms with Crippen molar-refractivity contribution in [1.82, 2.24) is 9.55 Å². The van der Waals surface area contributed by atoms with E-state index in [0.29, 0.717) is 17.3 Å². The summed E-state index contributed by atoms with van der Waals surface area (Å²) in [6, 6.07) is 13.1. The fourth-order valence-corrected chi connectivity index (χ4v) is 2.43. The monoisotopic (exact) mass is 281 g/mol. The predicted octanol–water partition coefficient (Wildman–Crippen LogP) is 2.83. The van der Waals surface area contributed by atoms with Gasteiger partial charge in [0, 0.05) is 18.6 Å². The zero-order valence-corrected chi connectivity index (χ0v) is 11.8. The number of rotatable bonds is 3. The van der Waals surface area contributed by atoms with Gasteiger partial charge in [-0.2, -0.15) is 0 Å². The number of ether oxygens (including phenoxy) is 1. The van der Waals surface area contributed by atoms with Crippen LogP contribution in [0.3, 0.4) is 0 Å². The van der Waals surface area contributed by atoms with Gasteiger partial charge in [-0.1, -0.05) is 18.2 Å². The van der Waals surface area contributed by atoms with Crippen molar-refractivity contribution in [3.05, 3.63) is 54.4 Å². The highest BCUT2D eigenvalue weighted by atomic mass is 16.5. The Labute approximate surface area is 122 Å². The van der Waals surface area contributed by atoms with Crippen LogP contribution in [0.2, 0.25) is 0 Å². The average Bonchev–Trinajstić information content (AvgIpc) is 2.81. The van der Waals surface area contributed by atoms with Crippen molar-refractivity contribution in [3.8, 4) is 5.75 Å². The molecule has 0 spiro atoms. The van der Waals surface area contributed by atoms with Crippen molar-refractivity contribution in [3.63, 3.8) is 0 Å². The van der Waals surface area contributed by atoms with Crippen LogP contribution in [0.4, 0.5) is 5.82 Å². The van der Waals surface area contributed by atoms with Crippen LogP contribution >= 0.6 is 0 Å². The summed E-state index contributed by atoms with van der Waals surface area (Å²) < 4.78 is 7.26. The Balaban J connectivity index is 2.07. The number of nitrogens with one attached hydrogen (secondary N) is 1. The number of nitrogens with zero attached hydrogens (tertiary/aromatic N) is 2. The van der Waals surface area contributed by atoms with E-state index in [1.54, 1.807) is 25.4 Å². The zero-order valence-electron chi connectivity index (χ0n) is 11.8. The highest BCUT2D eigenvalue weighted by molar-refractivity contribution is 6.09. The number of anilines is 1. The van der Waals surface area contributed by atoms with Crippen molar-refractivity contribution in [2.75, 3.05) is 12.4 Å². The number of hydrogen-bond acceptors (Lipinski definition) is 3. The fourth-order valence-electron chi connectivity index (χ4n) is 2.43. The summed E-state index contributed by atoms with van der Waals surface area (Å²) in [5, 5.41) is 3.69. The predicted molar refractivity (Wildman–Crippen MR) is 81.7 cm³/mol. The van der Waals surface area contributed by atoms with Gasteiger partial charge >= 0.3 is 0 Å². The minimum Gasteiger partial charge on any atom is -0.494 e. The van der Waals surface area contributed by atoms with Crippen LogP contribution in [0.25, 0.3) is 10.9 Å². The molecule has 0 radical (unpaired) electrons. The van der Waals surface area contributed by atoms with Crippen molar-refractivity contribution >= 4 is 22.6 Å². The normalized spacial score (nSPS) is 10.6. The number of fused-ring (bicyclic) bond motifs is 1. The Morgan fingerprint density at radius 1 is 1.19 bits per heavy atom. The molecule has 0 unspecified atom stereocenters. The van der Waals surface area contributed by atoms with Crippen molar-refractivity contribution in [2.24, 2.45) is 7.05 Å². The Kier molecular flexibility index (Phi) is 3.31. The number of carbonyl (C=O) groups excluding carboxylic acids is 1. The van der Waals surface area contributed by atoms with Crippen LogP contribution in [0.1, 0.15) is 10.5 Å². The van der Waals surface area contributed by atoms with Gasteiger partial charge in [0.05, 0.1) is 12.6 Å². The smallest absolute Gasteiger partial charge is 0.277 e. The minimum atomic E-state index is -0.246. The third-order valence-corrected chi connectivity index (χ3v) is 3.39. The molecule has 0 aliphatic carbocycles. The molecule has 1 aromatic carbocycles. The maximum atomic E-state index is 12.5. The van der Waals surface area contributed by atoms with Crippen LogP contribution < -0.4 is 10.1 Å². The van der Waals surface area contributed by atoms with Gasteiger partial charge in [0.15, 0.2) is 11.4 Å². The largest absolute Gasteiger partial charge is 0.494 e. The van der Waals surface area contributed by atoms with Crippen LogP contribution in [-0.2, 0) is 7.05 Å². The number of methoxy groups -OCH3 is 1. The first-order valence-corrected chi connectivity index (χ1v) is 6.56. The molecule has 0 aliphatic rings. The van der Waals surface area contributed by atoms with E-state index in [0.717, 1.165) is 10.9 Å². The van der Waals surface area contributed by atoms with Crippen molar-refractivity contribution in [1.29, 1.82) is 0 Å². The van der Waals surface area contributed by atoms with E-state index in [1.165, 1.54) is 0 Å². The highest BCUT2D eigenvalue weighted by Crippen LogP contribution is 2.32. The van der Waals surface area contributed by atoms with E-state index >= 15 is 0 Å². The maximum Gasteiger partial charge on any atom is 0.277 e. The molecule has 0 aliphatic heterocycles. The van der Waals surface area contributed by atoms with Gasteiger partial charge in [-0.05, 0) is 24.3 Å². The highest BCUT2D eigenvalue weighted by Gasteiger charge is 2.21. The number of benzene rings is 1. The van der Waals surface area contributed by atoms with E-state index in [1.807, 2.05) is 41.9 Å². The molecule has 5 nitrogen and oxygen atoms in total. The van der Waals surface area contributed by atoms with E-state index in [-0.39, 0.29) is 5.91 Å². The number of hydrogen-bond donors (Lipinski definition) is 1. The molecule has 2 heterocycles. The van der Waals surface area contributed by atoms with Gasteiger partial charge in [0.1, 0.15) is 5.82 Å². The Morgan fingerprint density at radius 3 is 2.67 bits per heavy atom. The Bertz CT molecular complexity index is 794. The summed E-state index contributed by atoms with van der Waals surface area (Å²) in [7, 11) is 3.41. The number of para-hydroxylation sites is 1. The fraction of sp³-hybridized carbons (Fsp3) is 0.125. The number of aromatic nitrogens is 2. The number of aryl methyl sites for hydroxylation is 1. The third-order valence-electron chi connectivity index (χ3n) is 3.39. The molecule has 0 atom stereocenters. The lowest BCUT2D eigenvalue weighted by molar-refractivity contribution is 0.101. The van der Waals surface area contributed by atoms with Crippen molar-refractivity contribution in [2.45, 2.75) is 0 Å². The van der Waals surface area contributed by atoms with Crippen LogP contribution in [0.15, 0.2) is 48.7 Å². The van der Waals surface area contributed by atoms with Gasteiger partial charge in [-0.15, -0.1) is 0 Å². The summed E-state index contributed by atoms with van der Waals surface area (Å²) in [6.45, 7) is 0. The first-order valence-electron chi connectivity index (χ1n) is 6.56. The Hall–Kier alpha value is -2.82.